The number of likely N-dealkylation sites (tertiary alicyclic amines) is 1. The van der Waals surface area contributed by atoms with Gasteiger partial charge in [-0.15, -0.1) is 11.3 Å². The number of amides is 1. The third kappa shape index (κ3) is 5.21. The number of piperidine rings is 1. The number of benzene rings is 2. The van der Waals surface area contributed by atoms with Gasteiger partial charge in [-0.3, -0.25) is 9.48 Å². The fourth-order valence-electron chi connectivity index (χ4n) is 4.55. The maximum absolute atomic E-state index is 12.9. The molecule has 0 bridgehead atoms. The molecule has 3 heterocycles. The summed E-state index contributed by atoms with van der Waals surface area (Å²) in [5.41, 5.74) is 1.40. The van der Waals surface area contributed by atoms with E-state index < -0.39 is 11.9 Å². The third-order valence-corrected chi connectivity index (χ3v) is 7.58. The van der Waals surface area contributed by atoms with Crippen molar-refractivity contribution in [2.24, 2.45) is 0 Å². The largest absolute Gasteiger partial charge is 0.435 e. The zero-order chi connectivity index (χ0) is 25.3. The molecule has 0 spiro atoms. The van der Waals surface area contributed by atoms with Gasteiger partial charge in [-0.05, 0) is 48.2 Å². The van der Waals surface area contributed by atoms with E-state index in [0.717, 1.165) is 39.9 Å². The molecule has 1 aliphatic rings. The normalized spacial score (nSPS) is 15.3. The summed E-state index contributed by atoms with van der Waals surface area (Å²) in [6.07, 6.45) is 1.15. The van der Waals surface area contributed by atoms with Gasteiger partial charge in [-0.2, -0.15) is 18.3 Å². The summed E-state index contributed by atoms with van der Waals surface area (Å²) in [5.74, 6) is 0.0493. The van der Waals surface area contributed by atoms with Crippen LogP contribution in [0.25, 0.3) is 22.9 Å². The minimum Gasteiger partial charge on any atom is -0.341 e. The summed E-state index contributed by atoms with van der Waals surface area (Å²) >= 11 is 1.63. The van der Waals surface area contributed by atoms with Crippen LogP contribution in [0.1, 0.15) is 46.4 Å². The molecular formula is C27H25F3N4OS. The highest BCUT2D eigenvalue weighted by atomic mass is 32.1. The molecule has 1 amide bonds. The van der Waals surface area contributed by atoms with E-state index in [-0.39, 0.29) is 18.4 Å². The number of thiazole rings is 1. The van der Waals surface area contributed by atoms with E-state index in [1.165, 1.54) is 17.7 Å². The number of carbonyl (C=O) groups excluding carboxylic acids is 1. The summed E-state index contributed by atoms with van der Waals surface area (Å²) in [5, 5.41) is 9.06. The van der Waals surface area contributed by atoms with Crippen LogP contribution in [0.4, 0.5) is 13.2 Å². The van der Waals surface area contributed by atoms with Crippen molar-refractivity contribution in [2.75, 3.05) is 13.1 Å². The monoisotopic (exact) mass is 510 g/mol. The zero-order valence-electron chi connectivity index (χ0n) is 19.7. The Labute approximate surface area is 210 Å². The molecule has 1 aliphatic heterocycles. The van der Waals surface area contributed by atoms with Crippen LogP contribution in [0.15, 0.2) is 53.9 Å². The number of nitrogens with zero attached hydrogens (tertiary/aromatic N) is 4. The van der Waals surface area contributed by atoms with Gasteiger partial charge in [0.05, 0.1) is 10.7 Å². The number of halogens is 3. The average Bonchev–Trinajstić information content (AvgIpc) is 3.49. The number of hydrogen-bond acceptors (Lipinski definition) is 4. The van der Waals surface area contributed by atoms with Gasteiger partial charge in [0.25, 0.3) is 0 Å². The van der Waals surface area contributed by atoms with E-state index in [1.54, 1.807) is 16.2 Å². The predicted octanol–water partition coefficient (Wildman–Crippen LogP) is 6.40. The Bertz CT molecular complexity index is 1410. The van der Waals surface area contributed by atoms with Crippen molar-refractivity contribution < 1.29 is 18.0 Å². The first-order chi connectivity index (χ1) is 17.3. The number of aryl methyl sites for hydroxylation is 1. The lowest BCUT2D eigenvalue weighted by Crippen LogP contribution is -2.40. The number of alkyl halides is 3. The fourth-order valence-corrected chi connectivity index (χ4v) is 5.51. The number of aromatic nitrogens is 3. The first kappa shape index (κ1) is 24.2. The molecule has 0 unspecified atom stereocenters. The summed E-state index contributed by atoms with van der Waals surface area (Å²) in [7, 11) is 0. The van der Waals surface area contributed by atoms with Crippen LogP contribution in [0.2, 0.25) is 0 Å². The number of rotatable bonds is 5. The molecule has 1 saturated heterocycles. The first-order valence-electron chi connectivity index (χ1n) is 11.8. The van der Waals surface area contributed by atoms with Crippen LogP contribution in [0.5, 0.6) is 0 Å². The van der Waals surface area contributed by atoms with Crippen molar-refractivity contribution in [3.63, 3.8) is 0 Å². The first-order valence-corrected chi connectivity index (χ1v) is 12.7. The van der Waals surface area contributed by atoms with Gasteiger partial charge in [0.1, 0.15) is 6.54 Å². The Hall–Kier alpha value is -3.46. The molecule has 1 fully saturated rings. The Morgan fingerprint density at radius 1 is 1.11 bits per heavy atom. The lowest BCUT2D eigenvalue weighted by molar-refractivity contribution is -0.142. The van der Waals surface area contributed by atoms with Crippen LogP contribution in [0, 0.1) is 6.92 Å². The summed E-state index contributed by atoms with van der Waals surface area (Å²) in [6.45, 7) is 2.44. The van der Waals surface area contributed by atoms with E-state index in [9.17, 15) is 18.0 Å². The highest BCUT2D eigenvalue weighted by Crippen LogP contribution is 2.32. The molecule has 0 N–H and O–H groups in total. The number of carbonyl (C=O) groups is 1. The molecule has 5 rings (SSSR count). The molecule has 186 valence electrons. The van der Waals surface area contributed by atoms with Gasteiger partial charge in [0.2, 0.25) is 5.91 Å². The van der Waals surface area contributed by atoms with Crippen molar-refractivity contribution in [3.8, 4) is 0 Å². The number of hydrogen-bond donors (Lipinski definition) is 0. The van der Waals surface area contributed by atoms with E-state index in [1.807, 2.05) is 29.7 Å². The Morgan fingerprint density at radius 2 is 1.86 bits per heavy atom. The van der Waals surface area contributed by atoms with Crippen molar-refractivity contribution in [1.29, 1.82) is 0 Å². The molecule has 2 aromatic heterocycles. The minimum absolute atomic E-state index is 0.188. The molecule has 2 aromatic carbocycles. The second-order valence-electron chi connectivity index (χ2n) is 8.99. The summed E-state index contributed by atoms with van der Waals surface area (Å²) in [4.78, 5) is 19.2. The summed E-state index contributed by atoms with van der Waals surface area (Å²) in [6, 6.07) is 15.5. The quantitative estimate of drug-likeness (QED) is 0.312. The molecule has 0 atom stereocenters. The van der Waals surface area contributed by atoms with E-state index in [2.05, 4.69) is 35.4 Å². The van der Waals surface area contributed by atoms with Gasteiger partial charge >= 0.3 is 6.18 Å². The molecule has 4 aromatic rings. The Kier molecular flexibility index (Phi) is 6.66. The van der Waals surface area contributed by atoms with Gasteiger partial charge in [-0.1, -0.05) is 48.5 Å². The van der Waals surface area contributed by atoms with Gasteiger partial charge in [0.15, 0.2) is 5.69 Å². The van der Waals surface area contributed by atoms with Gasteiger partial charge in [0, 0.05) is 30.1 Å². The van der Waals surface area contributed by atoms with Crippen LogP contribution in [0.3, 0.4) is 0 Å². The Morgan fingerprint density at radius 3 is 2.61 bits per heavy atom. The molecule has 0 aliphatic carbocycles. The van der Waals surface area contributed by atoms with Crippen molar-refractivity contribution in [3.05, 3.63) is 81.6 Å². The highest BCUT2D eigenvalue weighted by Gasteiger charge is 2.35. The predicted molar refractivity (Wildman–Crippen MR) is 136 cm³/mol. The molecular weight excluding hydrogens is 485 g/mol. The lowest BCUT2D eigenvalue weighted by atomic mass is 9.97. The minimum atomic E-state index is -4.52. The standard InChI is InChI=1S/C27H25F3N4OS/c1-18-15-24(27(28,29)30)32-34(18)16-25(35)33-13-11-21(12-14-33)26-31-22(17-36-26)10-9-20-7-4-6-19-5-2-3-8-23(19)20/h2-10,15,17,21H,11-14,16H2,1H3. The van der Waals surface area contributed by atoms with Crippen molar-refractivity contribution in [1.82, 2.24) is 19.7 Å². The van der Waals surface area contributed by atoms with Crippen LogP contribution in [-0.2, 0) is 17.5 Å². The topological polar surface area (TPSA) is 51.0 Å². The molecule has 36 heavy (non-hydrogen) atoms. The summed E-state index contributed by atoms with van der Waals surface area (Å²) < 4.78 is 39.8. The van der Waals surface area contributed by atoms with Crippen LogP contribution >= 0.6 is 11.3 Å². The van der Waals surface area contributed by atoms with E-state index in [4.69, 9.17) is 4.98 Å². The highest BCUT2D eigenvalue weighted by molar-refractivity contribution is 7.09. The third-order valence-electron chi connectivity index (χ3n) is 6.55. The van der Waals surface area contributed by atoms with Crippen LogP contribution in [-0.4, -0.2) is 38.7 Å². The zero-order valence-corrected chi connectivity index (χ0v) is 20.5. The smallest absolute Gasteiger partial charge is 0.341 e. The second-order valence-corrected chi connectivity index (χ2v) is 9.88. The lowest BCUT2D eigenvalue weighted by Gasteiger charge is -2.31. The molecule has 5 nitrogen and oxygen atoms in total. The molecule has 0 saturated carbocycles. The van der Waals surface area contributed by atoms with Crippen LogP contribution < -0.4 is 0 Å². The molecule has 0 radical (unpaired) electrons. The van der Waals surface area contributed by atoms with Gasteiger partial charge in [-0.25, -0.2) is 4.98 Å². The number of fused-ring (bicyclic) bond motifs is 1. The van der Waals surface area contributed by atoms with Gasteiger partial charge < -0.3 is 4.90 Å². The second kappa shape index (κ2) is 9.89. The van der Waals surface area contributed by atoms with Crippen molar-refractivity contribution in [2.45, 2.75) is 38.4 Å². The fraction of sp³-hybridized carbons (Fsp3) is 0.296. The Balaban J connectivity index is 1.19. The maximum atomic E-state index is 12.9. The average molecular weight is 511 g/mol. The maximum Gasteiger partial charge on any atom is 0.435 e. The van der Waals surface area contributed by atoms with E-state index >= 15 is 0 Å². The molecule has 9 heteroatoms. The van der Waals surface area contributed by atoms with E-state index in [0.29, 0.717) is 18.8 Å². The van der Waals surface area contributed by atoms with Crippen molar-refractivity contribution >= 4 is 40.2 Å². The SMILES string of the molecule is Cc1cc(C(F)(F)F)nn1CC(=O)N1CCC(c2nc(C=Cc3cccc4ccccc34)cs2)CC1.